The Balaban J connectivity index is 2.00. The second-order valence-electron chi connectivity index (χ2n) is 5.35. The molecule has 106 valence electrons. The largest absolute Gasteiger partial charge is 0.384 e. The minimum absolute atomic E-state index is 0.0738. The van der Waals surface area contributed by atoms with Crippen LogP contribution in [0.25, 0.3) is 0 Å². The average molecular weight is 271 g/mol. The fraction of sp³-hybridized carbons (Fsp3) is 0.471. The Morgan fingerprint density at radius 2 is 2.25 bits per heavy atom. The summed E-state index contributed by atoms with van der Waals surface area (Å²) in [5.41, 5.74) is 2.30. The molecule has 1 saturated carbocycles. The van der Waals surface area contributed by atoms with E-state index in [0.717, 1.165) is 24.4 Å². The van der Waals surface area contributed by atoms with Crippen LogP contribution in [-0.2, 0) is 0 Å². The highest BCUT2D eigenvalue weighted by Gasteiger charge is 2.17. The smallest absolute Gasteiger partial charge is 0.252 e. The van der Waals surface area contributed by atoms with Crippen molar-refractivity contribution in [1.29, 1.82) is 0 Å². The van der Waals surface area contributed by atoms with Crippen LogP contribution in [0.5, 0.6) is 0 Å². The van der Waals surface area contributed by atoms with Crippen molar-refractivity contribution in [1.82, 2.24) is 5.32 Å². The molecule has 1 aliphatic carbocycles. The van der Waals surface area contributed by atoms with Crippen molar-refractivity contribution in [3.63, 3.8) is 0 Å². The number of hydrogen-bond donors (Lipinski definition) is 2. The average Bonchev–Trinajstić information content (AvgIpc) is 2.40. The third kappa shape index (κ3) is 3.85. The topological polar surface area (TPSA) is 49.3 Å². The zero-order valence-corrected chi connectivity index (χ0v) is 11.9. The number of aliphatic hydroxyl groups is 1. The third-order valence-corrected chi connectivity index (χ3v) is 3.78. The van der Waals surface area contributed by atoms with E-state index in [1.807, 2.05) is 25.1 Å². The summed E-state index contributed by atoms with van der Waals surface area (Å²) in [7, 11) is 0. The molecule has 0 spiro atoms. The molecular weight excluding hydrogens is 250 g/mol. The quantitative estimate of drug-likeness (QED) is 0.825. The fourth-order valence-electron chi connectivity index (χ4n) is 2.36. The van der Waals surface area contributed by atoms with E-state index < -0.39 is 0 Å². The van der Waals surface area contributed by atoms with Crippen LogP contribution in [0.15, 0.2) is 18.2 Å². The summed E-state index contributed by atoms with van der Waals surface area (Å²) in [6.45, 7) is 2.48. The van der Waals surface area contributed by atoms with E-state index in [2.05, 4.69) is 17.2 Å². The molecule has 2 rings (SSSR count). The minimum atomic E-state index is -0.198. The van der Waals surface area contributed by atoms with Gasteiger partial charge in [-0.15, -0.1) is 0 Å². The standard InChI is InChI=1S/C17H21NO2/c1-13-7-8-15(6-3-11-19)16(12-13)17(20)18-10-9-14-4-2-5-14/h7-8,12,14,19H,2,4-5,9-11H2,1H3,(H,18,20). The van der Waals surface area contributed by atoms with Crippen molar-refractivity contribution < 1.29 is 9.90 Å². The summed E-state index contributed by atoms with van der Waals surface area (Å²) in [4.78, 5) is 12.2. The Hall–Kier alpha value is -1.79. The molecule has 0 heterocycles. The van der Waals surface area contributed by atoms with Crippen LogP contribution in [0.1, 0.15) is 47.2 Å². The number of carbonyl (C=O) groups excluding carboxylic acids is 1. The Kier molecular flexibility index (Phi) is 5.20. The van der Waals surface area contributed by atoms with Crippen LogP contribution in [0.2, 0.25) is 0 Å². The maximum atomic E-state index is 12.2. The molecule has 0 aromatic heterocycles. The summed E-state index contributed by atoms with van der Waals surface area (Å²) >= 11 is 0. The molecule has 3 heteroatoms. The van der Waals surface area contributed by atoms with E-state index in [0.29, 0.717) is 11.1 Å². The molecule has 20 heavy (non-hydrogen) atoms. The number of hydrogen-bond acceptors (Lipinski definition) is 2. The van der Waals surface area contributed by atoms with E-state index in [-0.39, 0.29) is 12.5 Å². The highest BCUT2D eigenvalue weighted by atomic mass is 16.2. The lowest BCUT2D eigenvalue weighted by Gasteiger charge is -2.25. The maximum absolute atomic E-state index is 12.2. The monoisotopic (exact) mass is 271 g/mol. The number of aliphatic hydroxyl groups excluding tert-OH is 1. The van der Waals surface area contributed by atoms with Crippen molar-refractivity contribution in [2.24, 2.45) is 5.92 Å². The van der Waals surface area contributed by atoms with Gasteiger partial charge in [0.25, 0.3) is 5.91 Å². The molecule has 3 nitrogen and oxygen atoms in total. The second-order valence-corrected chi connectivity index (χ2v) is 5.35. The Morgan fingerprint density at radius 3 is 2.90 bits per heavy atom. The molecule has 0 atom stereocenters. The Morgan fingerprint density at radius 1 is 1.45 bits per heavy atom. The second kappa shape index (κ2) is 7.12. The summed E-state index contributed by atoms with van der Waals surface area (Å²) in [5.74, 6) is 6.15. The molecule has 1 amide bonds. The molecule has 0 radical (unpaired) electrons. The van der Waals surface area contributed by atoms with Gasteiger partial charge < -0.3 is 10.4 Å². The highest BCUT2D eigenvalue weighted by molar-refractivity contribution is 5.96. The van der Waals surface area contributed by atoms with E-state index in [1.54, 1.807) is 0 Å². The van der Waals surface area contributed by atoms with Gasteiger partial charge in [-0.25, -0.2) is 0 Å². The van der Waals surface area contributed by atoms with Gasteiger partial charge in [0.2, 0.25) is 0 Å². The summed E-state index contributed by atoms with van der Waals surface area (Å²) in [6.07, 6.45) is 4.99. The number of carbonyl (C=O) groups is 1. The number of nitrogens with one attached hydrogen (secondary N) is 1. The molecule has 1 fully saturated rings. The van der Waals surface area contributed by atoms with Crippen molar-refractivity contribution in [3.8, 4) is 11.8 Å². The van der Waals surface area contributed by atoms with Crippen molar-refractivity contribution in [2.75, 3.05) is 13.2 Å². The Labute approximate surface area is 120 Å². The van der Waals surface area contributed by atoms with Gasteiger partial charge in [0.05, 0.1) is 5.56 Å². The van der Waals surface area contributed by atoms with Crippen LogP contribution < -0.4 is 5.32 Å². The first-order valence-electron chi connectivity index (χ1n) is 7.19. The molecule has 1 aromatic carbocycles. The van der Waals surface area contributed by atoms with Crippen LogP contribution in [0, 0.1) is 24.7 Å². The van der Waals surface area contributed by atoms with Crippen LogP contribution in [-0.4, -0.2) is 24.2 Å². The molecule has 0 bridgehead atoms. The predicted molar refractivity (Wildman–Crippen MR) is 79.4 cm³/mol. The van der Waals surface area contributed by atoms with Crippen LogP contribution in [0.4, 0.5) is 0 Å². The number of rotatable bonds is 4. The minimum Gasteiger partial charge on any atom is -0.384 e. The summed E-state index contributed by atoms with van der Waals surface area (Å²) in [6, 6.07) is 5.60. The van der Waals surface area contributed by atoms with E-state index in [4.69, 9.17) is 5.11 Å². The highest BCUT2D eigenvalue weighted by Crippen LogP contribution is 2.28. The predicted octanol–water partition coefficient (Wildman–Crippen LogP) is 2.26. The van der Waals surface area contributed by atoms with Gasteiger partial charge in [-0.3, -0.25) is 4.79 Å². The lowest BCUT2D eigenvalue weighted by molar-refractivity contribution is 0.0948. The van der Waals surface area contributed by atoms with Gasteiger partial charge in [-0.2, -0.15) is 0 Å². The van der Waals surface area contributed by atoms with Gasteiger partial charge in [0.15, 0.2) is 0 Å². The zero-order chi connectivity index (χ0) is 14.4. The SMILES string of the molecule is Cc1ccc(C#CCO)c(C(=O)NCCC2CCC2)c1. The normalized spacial score (nSPS) is 14.1. The number of benzene rings is 1. The molecule has 0 unspecified atom stereocenters. The number of aryl methyl sites for hydroxylation is 1. The summed E-state index contributed by atoms with van der Waals surface area (Å²) in [5, 5.41) is 11.7. The molecule has 2 N–H and O–H groups in total. The first kappa shape index (κ1) is 14.6. The first-order valence-corrected chi connectivity index (χ1v) is 7.19. The number of amides is 1. The van der Waals surface area contributed by atoms with Crippen molar-refractivity contribution in [3.05, 3.63) is 34.9 Å². The van der Waals surface area contributed by atoms with Crippen molar-refractivity contribution >= 4 is 5.91 Å². The van der Waals surface area contributed by atoms with E-state index >= 15 is 0 Å². The molecule has 1 aromatic rings. The van der Waals surface area contributed by atoms with Crippen LogP contribution >= 0.6 is 0 Å². The molecule has 0 saturated heterocycles. The van der Waals surface area contributed by atoms with E-state index in [1.165, 1.54) is 19.3 Å². The fourth-order valence-corrected chi connectivity index (χ4v) is 2.36. The lowest BCUT2D eigenvalue weighted by atomic mass is 9.83. The zero-order valence-electron chi connectivity index (χ0n) is 11.9. The van der Waals surface area contributed by atoms with Gasteiger partial charge >= 0.3 is 0 Å². The van der Waals surface area contributed by atoms with Crippen molar-refractivity contribution in [2.45, 2.75) is 32.6 Å². The van der Waals surface area contributed by atoms with Gasteiger partial charge in [0, 0.05) is 12.1 Å². The first-order chi connectivity index (χ1) is 9.70. The molecular formula is C17H21NO2. The van der Waals surface area contributed by atoms with Gasteiger partial charge in [-0.1, -0.05) is 42.7 Å². The molecule has 0 aliphatic heterocycles. The summed E-state index contributed by atoms with van der Waals surface area (Å²) < 4.78 is 0. The van der Waals surface area contributed by atoms with Crippen LogP contribution in [0.3, 0.4) is 0 Å². The maximum Gasteiger partial charge on any atom is 0.252 e. The van der Waals surface area contributed by atoms with Gasteiger partial charge in [0.1, 0.15) is 6.61 Å². The Bertz CT molecular complexity index is 536. The lowest BCUT2D eigenvalue weighted by Crippen LogP contribution is -2.28. The molecule has 1 aliphatic rings. The van der Waals surface area contributed by atoms with E-state index in [9.17, 15) is 4.79 Å². The van der Waals surface area contributed by atoms with Gasteiger partial charge in [-0.05, 0) is 31.4 Å². The third-order valence-electron chi connectivity index (χ3n) is 3.78.